The van der Waals surface area contributed by atoms with E-state index in [0.29, 0.717) is 22.7 Å². The number of halogens is 1. The van der Waals surface area contributed by atoms with Crippen molar-refractivity contribution in [1.29, 1.82) is 0 Å². The number of carbonyl (C=O) groups excluding carboxylic acids is 2. The Labute approximate surface area is 139 Å². The Morgan fingerprint density at radius 1 is 1.04 bits per heavy atom. The van der Waals surface area contributed by atoms with Crippen molar-refractivity contribution in [2.75, 3.05) is 10.6 Å². The number of nitrogens with two attached hydrogens (primary N) is 1. The summed E-state index contributed by atoms with van der Waals surface area (Å²) in [6.07, 6.45) is 0.602. The highest BCUT2D eigenvalue weighted by Crippen LogP contribution is 2.17. The summed E-state index contributed by atoms with van der Waals surface area (Å²) in [7, 11) is 0. The lowest BCUT2D eigenvalue weighted by molar-refractivity contribution is -0.118. The SMILES string of the molecule is CC[C@@H](Nc1ccc(NC(=O)c2ccc(Cl)cc2)cc1)C(N)=O. The maximum Gasteiger partial charge on any atom is 0.255 e. The largest absolute Gasteiger partial charge is 0.374 e. The summed E-state index contributed by atoms with van der Waals surface area (Å²) in [5.74, 6) is -0.612. The Kier molecular flexibility index (Phi) is 5.60. The minimum atomic E-state index is -0.412. The molecule has 0 bridgehead atoms. The second-order valence-corrected chi connectivity index (χ2v) is 5.48. The van der Waals surface area contributed by atoms with Crippen LogP contribution in [-0.4, -0.2) is 17.9 Å². The molecule has 120 valence electrons. The predicted octanol–water partition coefficient (Wildman–Crippen LogP) is 3.27. The third-order valence-electron chi connectivity index (χ3n) is 3.34. The van der Waals surface area contributed by atoms with Gasteiger partial charge < -0.3 is 16.4 Å². The molecule has 0 fully saturated rings. The van der Waals surface area contributed by atoms with Crippen LogP contribution in [0, 0.1) is 0 Å². The van der Waals surface area contributed by atoms with Gasteiger partial charge in [-0.1, -0.05) is 18.5 Å². The zero-order valence-electron chi connectivity index (χ0n) is 12.7. The van der Waals surface area contributed by atoms with Crippen LogP contribution in [0.15, 0.2) is 48.5 Å². The Morgan fingerprint density at radius 3 is 2.13 bits per heavy atom. The van der Waals surface area contributed by atoms with Gasteiger partial charge in [0.2, 0.25) is 5.91 Å². The highest BCUT2D eigenvalue weighted by molar-refractivity contribution is 6.30. The van der Waals surface area contributed by atoms with Gasteiger partial charge in [0.05, 0.1) is 0 Å². The van der Waals surface area contributed by atoms with Crippen LogP contribution in [0.3, 0.4) is 0 Å². The number of rotatable bonds is 6. The molecule has 0 aliphatic rings. The number of primary amides is 1. The van der Waals surface area contributed by atoms with Crippen LogP contribution in [0.4, 0.5) is 11.4 Å². The number of carbonyl (C=O) groups is 2. The summed E-state index contributed by atoms with van der Waals surface area (Å²) in [4.78, 5) is 23.3. The van der Waals surface area contributed by atoms with E-state index >= 15 is 0 Å². The summed E-state index contributed by atoms with van der Waals surface area (Å²) in [5.41, 5.74) is 7.24. The molecular formula is C17H18ClN3O2. The zero-order valence-corrected chi connectivity index (χ0v) is 13.4. The number of hydrogen-bond acceptors (Lipinski definition) is 3. The molecule has 0 saturated heterocycles. The first-order valence-corrected chi connectivity index (χ1v) is 7.60. The molecule has 4 N–H and O–H groups in total. The highest BCUT2D eigenvalue weighted by Gasteiger charge is 2.12. The third kappa shape index (κ3) is 4.72. The minimum absolute atomic E-state index is 0.217. The van der Waals surface area contributed by atoms with Crippen LogP contribution in [0.1, 0.15) is 23.7 Å². The maximum atomic E-state index is 12.1. The van der Waals surface area contributed by atoms with Crippen molar-refractivity contribution in [2.24, 2.45) is 5.73 Å². The number of nitrogens with one attached hydrogen (secondary N) is 2. The molecular weight excluding hydrogens is 314 g/mol. The summed E-state index contributed by atoms with van der Waals surface area (Å²) in [6, 6.07) is 13.3. The maximum absolute atomic E-state index is 12.1. The van der Waals surface area contributed by atoms with Crippen LogP contribution in [0.5, 0.6) is 0 Å². The van der Waals surface area contributed by atoms with Gasteiger partial charge in [-0.3, -0.25) is 9.59 Å². The number of benzene rings is 2. The van der Waals surface area contributed by atoms with Gasteiger partial charge in [-0.25, -0.2) is 0 Å². The van der Waals surface area contributed by atoms with Crippen LogP contribution in [0.25, 0.3) is 0 Å². The van der Waals surface area contributed by atoms with E-state index in [2.05, 4.69) is 10.6 Å². The van der Waals surface area contributed by atoms with Crippen molar-refractivity contribution in [3.8, 4) is 0 Å². The molecule has 2 aromatic carbocycles. The normalized spacial score (nSPS) is 11.6. The smallest absolute Gasteiger partial charge is 0.255 e. The van der Waals surface area contributed by atoms with Gasteiger partial charge in [-0.15, -0.1) is 0 Å². The molecule has 2 amide bonds. The lowest BCUT2D eigenvalue weighted by Crippen LogP contribution is -2.34. The molecule has 5 nitrogen and oxygen atoms in total. The molecule has 23 heavy (non-hydrogen) atoms. The van der Waals surface area contributed by atoms with Gasteiger partial charge in [0.1, 0.15) is 6.04 Å². The Hall–Kier alpha value is -2.53. The number of anilines is 2. The van der Waals surface area contributed by atoms with Crippen molar-refractivity contribution in [3.05, 3.63) is 59.1 Å². The van der Waals surface area contributed by atoms with E-state index in [1.54, 1.807) is 48.5 Å². The molecule has 0 aromatic heterocycles. The monoisotopic (exact) mass is 331 g/mol. The second-order valence-electron chi connectivity index (χ2n) is 5.05. The summed E-state index contributed by atoms with van der Waals surface area (Å²) >= 11 is 5.80. The first-order valence-electron chi connectivity index (χ1n) is 7.22. The quantitative estimate of drug-likeness (QED) is 0.759. The van der Waals surface area contributed by atoms with Gasteiger partial charge in [-0.2, -0.15) is 0 Å². The molecule has 0 heterocycles. The van der Waals surface area contributed by atoms with Crippen molar-refractivity contribution in [2.45, 2.75) is 19.4 Å². The standard InChI is InChI=1S/C17H18ClN3O2/c1-2-15(16(19)22)20-13-7-9-14(10-8-13)21-17(23)11-3-5-12(18)6-4-11/h3-10,15,20H,2H2,1H3,(H2,19,22)(H,21,23)/t15-/m1/s1. The van der Waals surface area contributed by atoms with E-state index in [1.165, 1.54) is 0 Å². The minimum Gasteiger partial charge on any atom is -0.374 e. The van der Waals surface area contributed by atoms with Gasteiger partial charge in [0, 0.05) is 22.0 Å². The fourth-order valence-corrected chi connectivity index (χ4v) is 2.16. The van der Waals surface area contributed by atoms with Crippen LogP contribution in [-0.2, 0) is 4.79 Å². The van der Waals surface area contributed by atoms with E-state index < -0.39 is 11.9 Å². The Balaban J connectivity index is 2.00. The predicted molar refractivity (Wildman–Crippen MR) is 92.7 cm³/mol. The van der Waals surface area contributed by atoms with Crippen LogP contribution >= 0.6 is 11.6 Å². The Morgan fingerprint density at radius 2 is 1.61 bits per heavy atom. The van der Waals surface area contributed by atoms with E-state index in [1.807, 2.05) is 6.92 Å². The molecule has 6 heteroatoms. The van der Waals surface area contributed by atoms with Gasteiger partial charge in [0.15, 0.2) is 0 Å². The number of hydrogen-bond donors (Lipinski definition) is 3. The summed E-state index contributed by atoms with van der Waals surface area (Å²) < 4.78 is 0. The number of amides is 2. The molecule has 0 radical (unpaired) electrons. The topological polar surface area (TPSA) is 84.2 Å². The van der Waals surface area contributed by atoms with Crippen molar-refractivity contribution >= 4 is 34.8 Å². The molecule has 0 saturated carbocycles. The molecule has 0 spiro atoms. The molecule has 2 aromatic rings. The molecule has 0 unspecified atom stereocenters. The summed E-state index contributed by atoms with van der Waals surface area (Å²) in [6.45, 7) is 1.88. The van der Waals surface area contributed by atoms with Crippen LogP contribution < -0.4 is 16.4 Å². The molecule has 0 aliphatic heterocycles. The van der Waals surface area contributed by atoms with Crippen LogP contribution in [0.2, 0.25) is 5.02 Å². The van der Waals surface area contributed by atoms with E-state index in [-0.39, 0.29) is 5.91 Å². The zero-order chi connectivity index (χ0) is 16.8. The van der Waals surface area contributed by atoms with E-state index in [0.717, 1.165) is 5.69 Å². The second kappa shape index (κ2) is 7.65. The fourth-order valence-electron chi connectivity index (χ4n) is 2.03. The van der Waals surface area contributed by atoms with Crippen molar-refractivity contribution in [3.63, 3.8) is 0 Å². The third-order valence-corrected chi connectivity index (χ3v) is 3.59. The average molecular weight is 332 g/mol. The van der Waals surface area contributed by atoms with Crippen molar-refractivity contribution in [1.82, 2.24) is 0 Å². The first-order chi connectivity index (χ1) is 11.0. The first kappa shape index (κ1) is 16.8. The lowest BCUT2D eigenvalue weighted by Gasteiger charge is -2.15. The van der Waals surface area contributed by atoms with Gasteiger partial charge in [0.25, 0.3) is 5.91 Å². The summed E-state index contributed by atoms with van der Waals surface area (Å²) in [5, 5.41) is 6.42. The lowest BCUT2D eigenvalue weighted by atomic mass is 10.2. The molecule has 1 atom stereocenters. The average Bonchev–Trinajstić information content (AvgIpc) is 2.54. The van der Waals surface area contributed by atoms with E-state index in [9.17, 15) is 9.59 Å². The van der Waals surface area contributed by atoms with Crippen molar-refractivity contribution < 1.29 is 9.59 Å². The van der Waals surface area contributed by atoms with Gasteiger partial charge in [-0.05, 0) is 55.0 Å². The fraction of sp³-hybridized carbons (Fsp3) is 0.176. The molecule has 0 aliphatic carbocycles. The van der Waals surface area contributed by atoms with E-state index in [4.69, 9.17) is 17.3 Å². The highest BCUT2D eigenvalue weighted by atomic mass is 35.5. The Bertz CT molecular complexity index is 684. The van der Waals surface area contributed by atoms with Gasteiger partial charge >= 0.3 is 0 Å². The molecule has 2 rings (SSSR count).